The Morgan fingerprint density at radius 2 is 1.78 bits per heavy atom. The molecular weight excluding hydrogens is 368 g/mol. The summed E-state index contributed by atoms with van der Waals surface area (Å²) in [7, 11) is -3.64. The van der Waals surface area contributed by atoms with E-state index < -0.39 is 15.4 Å². The van der Waals surface area contributed by atoms with Gasteiger partial charge in [0, 0.05) is 12.6 Å². The first-order chi connectivity index (χ1) is 12.7. The minimum absolute atomic E-state index is 0.00798. The first-order valence-electron chi connectivity index (χ1n) is 8.77. The molecule has 0 bridgehead atoms. The highest BCUT2D eigenvalue weighted by Crippen LogP contribution is 2.18. The van der Waals surface area contributed by atoms with Crippen molar-refractivity contribution in [2.45, 2.75) is 52.1 Å². The van der Waals surface area contributed by atoms with Crippen molar-refractivity contribution >= 4 is 16.1 Å². The van der Waals surface area contributed by atoms with Crippen LogP contribution in [0.5, 0.6) is 5.75 Å². The predicted molar refractivity (Wildman–Crippen MR) is 103 cm³/mol. The van der Waals surface area contributed by atoms with E-state index in [0.717, 1.165) is 5.56 Å². The van der Waals surface area contributed by atoms with Crippen LogP contribution in [0.2, 0.25) is 0 Å². The Bertz CT molecular complexity index is 827. The minimum Gasteiger partial charge on any atom is -0.467 e. The predicted octanol–water partition coefficient (Wildman–Crippen LogP) is 3.52. The molecule has 7 nitrogen and oxygen atoms in total. The summed E-state index contributed by atoms with van der Waals surface area (Å²) in [5, 5.41) is 2.25. The molecule has 0 saturated carbocycles. The summed E-state index contributed by atoms with van der Waals surface area (Å²) in [5.74, 6) is 0.925. The third-order valence-electron chi connectivity index (χ3n) is 3.71. The van der Waals surface area contributed by atoms with E-state index in [1.54, 1.807) is 55.3 Å². The number of hydrogen-bond acceptors (Lipinski definition) is 5. The van der Waals surface area contributed by atoms with Crippen LogP contribution < -0.4 is 9.50 Å². The number of amides is 2. The molecule has 0 fully saturated rings. The Morgan fingerprint density at radius 1 is 1.11 bits per heavy atom. The molecule has 0 spiro atoms. The van der Waals surface area contributed by atoms with Crippen LogP contribution in [0.1, 0.15) is 39.0 Å². The zero-order chi connectivity index (χ0) is 20.0. The van der Waals surface area contributed by atoms with Crippen molar-refractivity contribution in [3.8, 4) is 5.75 Å². The van der Waals surface area contributed by atoms with Gasteiger partial charge in [-0.3, -0.25) is 0 Å². The number of urea groups is 1. The lowest BCUT2D eigenvalue weighted by molar-refractivity contribution is 0.185. The van der Waals surface area contributed by atoms with E-state index in [-0.39, 0.29) is 17.8 Å². The zero-order valence-corrected chi connectivity index (χ0v) is 16.8. The molecule has 0 aliphatic rings. The van der Waals surface area contributed by atoms with Crippen LogP contribution in [-0.4, -0.2) is 30.6 Å². The lowest BCUT2D eigenvalue weighted by atomic mass is 10.2. The van der Waals surface area contributed by atoms with Gasteiger partial charge in [0.2, 0.25) is 0 Å². The number of carbonyl (C=O) groups is 1. The largest absolute Gasteiger partial charge is 0.467 e. The van der Waals surface area contributed by atoms with Gasteiger partial charge in [0.15, 0.2) is 0 Å². The van der Waals surface area contributed by atoms with Gasteiger partial charge in [0.1, 0.15) is 11.5 Å². The highest BCUT2D eigenvalue weighted by atomic mass is 32.2. The molecule has 0 saturated heterocycles. The van der Waals surface area contributed by atoms with E-state index in [4.69, 9.17) is 8.60 Å². The van der Waals surface area contributed by atoms with Crippen molar-refractivity contribution in [1.29, 1.82) is 0 Å². The third-order valence-corrected chi connectivity index (χ3v) is 5.29. The highest BCUT2D eigenvalue weighted by Gasteiger charge is 2.19. The summed E-state index contributed by atoms with van der Waals surface area (Å²) >= 11 is 0. The standard InChI is InChI=1S/C19H26N2O5S/c1-14(2)20-19(22)21(13-18-6-5-11-25-18)12-16-7-9-17(10-8-16)26-27(23,24)15(3)4/h5-11,14-15H,12-13H2,1-4H3,(H,20,22). The molecule has 27 heavy (non-hydrogen) atoms. The van der Waals surface area contributed by atoms with Gasteiger partial charge in [-0.15, -0.1) is 0 Å². The molecule has 1 aromatic carbocycles. The number of carbonyl (C=O) groups excluding carboxylic acids is 1. The van der Waals surface area contributed by atoms with Gasteiger partial charge in [0.05, 0.1) is 18.1 Å². The lowest BCUT2D eigenvalue weighted by Gasteiger charge is -2.23. The average molecular weight is 394 g/mol. The summed E-state index contributed by atoms with van der Waals surface area (Å²) < 4.78 is 34.1. The van der Waals surface area contributed by atoms with Crippen molar-refractivity contribution in [1.82, 2.24) is 10.2 Å². The van der Waals surface area contributed by atoms with Crippen LogP contribution in [0.25, 0.3) is 0 Å². The molecule has 0 radical (unpaired) electrons. The average Bonchev–Trinajstić information content (AvgIpc) is 3.08. The zero-order valence-electron chi connectivity index (χ0n) is 16.0. The topological polar surface area (TPSA) is 88.9 Å². The van der Waals surface area contributed by atoms with Gasteiger partial charge in [-0.05, 0) is 57.5 Å². The third kappa shape index (κ3) is 6.32. The van der Waals surface area contributed by atoms with Gasteiger partial charge >= 0.3 is 16.1 Å². The van der Waals surface area contributed by atoms with E-state index in [2.05, 4.69) is 5.32 Å². The Balaban J connectivity index is 2.10. The smallest absolute Gasteiger partial charge is 0.318 e. The van der Waals surface area contributed by atoms with Crippen LogP contribution in [-0.2, 0) is 23.2 Å². The van der Waals surface area contributed by atoms with Crippen molar-refractivity contribution in [2.75, 3.05) is 0 Å². The molecule has 8 heteroatoms. The number of hydrogen-bond donors (Lipinski definition) is 1. The molecule has 2 rings (SSSR count). The minimum atomic E-state index is -3.64. The second kappa shape index (κ2) is 8.94. The van der Waals surface area contributed by atoms with E-state index in [0.29, 0.717) is 18.8 Å². The molecule has 148 valence electrons. The monoisotopic (exact) mass is 394 g/mol. The summed E-state index contributed by atoms with van der Waals surface area (Å²) in [6.07, 6.45) is 1.56. The second-order valence-corrected chi connectivity index (χ2v) is 8.90. The second-order valence-electron chi connectivity index (χ2n) is 6.81. The SMILES string of the molecule is CC(C)NC(=O)N(Cc1ccc(OS(=O)(=O)C(C)C)cc1)Cc1ccco1. The summed E-state index contributed by atoms with van der Waals surface area (Å²) in [4.78, 5) is 14.1. The first-order valence-corrected chi connectivity index (χ1v) is 10.2. The molecule has 1 aromatic heterocycles. The maximum Gasteiger partial charge on any atom is 0.318 e. The number of benzene rings is 1. The van der Waals surface area contributed by atoms with Crippen LogP contribution in [0, 0.1) is 0 Å². The van der Waals surface area contributed by atoms with E-state index in [9.17, 15) is 13.2 Å². The summed E-state index contributed by atoms with van der Waals surface area (Å²) in [6, 6.07) is 10.0. The Hall–Kier alpha value is -2.48. The van der Waals surface area contributed by atoms with Crippen molar-refractivity contribution in [3.05, 3.63) is 54.0 Å². The van der Waals surface area contributed by atoms with Crippen LogP contribution in [0.15, 0.2) is 47.1 Å². The Labute approximate surface area is 160 Å². The number of furan rings is 1. The first kappa shape index (κ1) is 20.8. The van der Waals surface area contributed by atoms with Crippen LogP contribution in [0.3, 0.4) is 0 Å². The van der Waals surface area contributed by atoms with Crippen molar-refractivity contribution in [3.63, 3.8) is 0 Å². The molecule has 1 heterocycles. The normalized spacial score (nSPS) is 11.6. The van der Waals surface area contributed by atoms with Crippen LogP contribution in [0.4, 0.5) is 4.79 Å². The molecule has 0 unspecified atom stereocenters. The molecule has 2 aromatic rings. The van der Waals surface area contributed by atoms with Gasteiger partial charge in [-0.1, -0.05) is 12.1 Å². The van der Waals surface area contributed by atoms with Crippen molar-refractivity contribution < 1.29 is 21.8 Å². The van der Waals surface area contributed by atoms with E-state index in [1.807, 2.05) is 19.9 Å². The number of rotatable bonds is 8. The summed E-state index contributed by atoms with van der Waals surface area (Å²) in [6.45, 7) is 7.57. The molecule has 0 aliphatic heterocycles. The maximum atomic E-state index is 12.5. The fourth-order valence-corrected chi connectivity index (χ4v) is 2.80. The Morgan fingerprint density at radius 3 is 2.30 bits per heavy atom. The van der Waals surface area contributed by atoms with Crippen LogP contribution >= 0.6 is 0 Å². The van der Waals surface area contributed by atoms with Gasteiger partial charge in [0.25, 0.3) is 0 Å². The van der Waals surface area contributed by atoms with Crippen molar-refractivity contribution in [2.24, 2.45) is 0 Å². The maximum absolute atomic E-state index is 12.5. The van der Waals surface area contributed by atoms with Gasteiger partial charge < -0.3 is 18.8 Å². The molecule has 2 amide bonds. The lowest BCUT2D eigenvalue weighted by Crippen LogP contribution is -2.42. The summed E-state index contributed by atoms with van der Waals surface area (Å²) in [5.41, 5.74) is 0.842. The molecule has 1 N–H and O–H groups in total. The van der Waals surface area contributed by atoms with E-state index >= 15 is 0 Å². The quantitative estimate of drug-likeness (QED) is 0.692. The Kier molecular flexibility index (Phi) is 6.90. The number of nitrogens with zero attached hydrogens (tertiary/aromatic N) is 1. The molecule has 0 aliphatic carbocycles. The molecule has 0 atom stereocenters. The fraction of sp³-hybridized carbons (Fsp3) is 0.421. The fourth-order valence-electron chi connectivity index (χ4n) is 2.23. The molecular formula is C19H26N2O5S. The highest BCUT2D eigenvalue weighted by molar-refractivity contribution is 7.87. The van der Waals surface area contributed by atoms with Gasteiger partial charge in [-0.2, -0.15) is 8.42 Å². The number of nitrogens with one attached hydrogen (secondary N) is 1. The van der Waals surface area contributed by atoms with Gasteiger partial charge in [-0.25, -0.2) is 4.79 Å². The van der Waals surface area contributed by atoms with E-state index in [1.165, 1.54) is 0 Å².